The van der Waals surface area contributed by atoms with Crippen molar-refractivity contribution in [3.63, 3.8) is 0 Å². The Kier molecular flexibility index (Phi) is 4.59. The first-order valence-corrected chi connectivity index (χ1v) is 8.07. The van der Waals surface area contributed by atoms with E-state index in [1.165, 1.54) is 10.4 Å². The van der Waals surface area contributed by atoms with E-state index in [2.05, 4.69) is 18.5 Å². The number of hydrogen-bond donors (Lipinski definition) is 1. The second kappa shape index (κ2) is 6.24. The molecule has 0 saturated carbocycles. The number of benzene rings is 1. The number of hydrogen-bond acceptors (Lipinski definition) is 3. The molecule has 1 heterocycles. The van der Waals surface area contributed by atoms with Gasteiger partial charge in [0, 0.05) is 25.2 Å². The Balaban J connectivity index is 2.38. The van der Waals surface area contributed by atoms with Crippen LogP contribution in [0.4, 0.5) is 5.69 Å². The molecule has 112 valence electrons. The highest BCUT2D eigenvalue weighted by Gasteiger charge is 2.24. The lowest BCUT2D eigenvalue weighted by Crippen LogP contribution is -2.31. The van der Waals surface area contributed by atoms with Crippen molar-refractivity contribution >= 4 is 21.6 Å². The van der Waals surface area contributed by atoms with Crippen LogP contribution in [-0.4, -0.2) is 31.7 Å². The first kappa shape index (κ1) is 15.5. The minimum Gasteiger partial charge on any atom is -0.326 e. The van der Waals surface area contributed by atoms with Gasteiger partial charge in [-0.3, -0.25) is 4.79 Å². The number of carbonyl (C=O) groups is 1. The zero-order valence-corrected chi connectivity index (χ0v) is 12.5. The van der Waals surface area contributed by atoms with E-state index in [0.29, 0.717) is 18.5 Å². The van der Waals surface area contributed by atoms with Gasteiger partial charge < -0.3 is 5.32 Å². The molecule has 0 spiro atoms. The molecule has 1 aliphatic rings. The Bertz CT molecular complexity index is 670. The fourth-order valence-electron chi connectivity index (χ4n) is 2.23. The van der Waals surface area contributed by atoms with Gasteiger partial charge in [-0.25, -0.2) is 8.42 Å². The van der Waals surface area contributed by atoms with Gasteiger partial charge in [-0.1, -0.05) is 12.2 Å². The topological polar surface area (TPSA) is 66.5 Å². The highest BCUT2D eigenvalue weighted by atomic mass is 32.2. The van der Waals surface area contributed by atoms with Gasteiger partial charge >= 0.3 is 0 Å². The Morgan fingerprint density at radius 3 is 2.48 bits per heavy atom. The van der Waals surface area contributed by atoms with Crippen LogP contribution in [0.5, 0.6) is 0 Å². The van der Waals surface area contributed by atoms with Crippen molar-refractivity contribution in [2.24, 2.45) is 0 Å². The SMILES string of the molecule is C=CCN(CC=C)S(=O)(=O)c1ccc2c(c1)CCC(=O)N2. The molecular formula is C15H18N2O3S. The molecule has 1 aliphatic heterocycles. The lowest BCUT2D eigenvalue weighted by Gasteiger charge is -2.21. The number of rotatable bonds is 6. The van der Waals surface area contributed by atoms with Gasteiger partial charge in [-0.2, -0.15) is 4.31 Å². The van der Waals surface area contributed by atoms with Crippen LogP contribution in [0.3, 0.4) is 0 Å². The summed E-state index contributed by atoms with van der Waals surface area (Å²) in [6.45, 7) is 7.61. The number of fused-ring (bicyclic) bond motifs is 1. The molecule has 21 heavy (non-hydrogen) atoms. The smallest absolute Gasteiger partial charge is 0.243 e. The second-order valence-electron chi connectivity index (χ2n) is 4.77. The molecule has 0 unspecified atom stereocenters. The van der Waals surface area contributed by atoms with Crippen LogP contribution in [0.2, 0.25) is 0 Å². The van der Waals surface area contributed by atoms with E-state index in [1.807, 2.05) is 0 Å². The number of aryl methyl sites for hydroxylation is 1. The van der Waals surface area contributed by atoms with Gasteiger partial charge in [0.25, 0.3) is 0 Å². The van der Waals surface area contributed by atoms with Crippen molar-refractivity contribution in [3.05, 3.63) is 49.1 Å². The zero-order chi connectivity index (χ0) is 15.5. The van der Waals surface area contributed by atoms with E-state index >= 15 is 0 Å². The standard InChI is InChI=1S/C15H18N2O3S/c1-3-9-17(10-4-2)21(19,20)13-6-7-14-12(11-13)5-8-15(18)16-14/h3-4,6-7,11H,1-2,5,8-10H2,(H,16,18). The highest BCUT2D eigenvalue weighted by Crippen LogP contribution is 2.26. The Labute approximate surface area is 125 Å². The van der Waals surface area contributed by atoms with Crippen molar-refractivity contribution in [2.45, 2.75) is 17.7 Å². The summed E-state index contributed by atoms with van der Waals surface area (Å²) in [6.07, 6.45) is 4.01. The third-order valence-corrected chi connectivity index (χ3v) is 5.10. The van der Waals surface area contributed by atoms with Crippen molar-refractivity contribution in [2.75, 3.05) is 18.4 Å². The summed E-state index contributed by atoms with van der Waals surface area (Å²) in [4.78, 5) is 11.5. The monoisotopic (exact) mass is 306 g/mol. The number of anilines is 1. The summed E-state index contributed by atoms with van der Waals surface area (Å²) < 4.78 is 26.5. The van der Waals surface area contributed by atoms with Crippen LogP contribution in [0.15, 0.2) is 48.4 Å². The third-order valence-electron chi connectivity index (χ3n) is 3.28. The minimum atomic E-state index is -3.59. The van der Waals surface area contributed by atoms with E-state index in [4.69, 9.17) is 0 Å². The Hall–Kier alpha value is -1.92. The number of nitrogens with one attached hydrogen (secondary N) is 1. The Morgan fingerprint density at radius 1 is 1.19 bits per heavy atom. The Morgan fingerprint density at radius 2 is 1.86 bits per heavy atom. The predicted molar refractivity (Wildman–Crippen MR) is 82.5 cm³/mol. The summed E-state index contributed by atoms with van der Waals surface area (Å²) in [5.74, 6) is -0.0435. The molecule has 1 amide bonds. The number of sulfonamides is 1. The van der Waals surface area contributed by atoms with Gasteiger partial charge in [0.2, 0.25) is 15.9 Å². The molecule has 1 aromatic carbocycles. The molecule has 0 bridgehead atoms. The number of nitrogens with zero attached hydrogens (tertiary/aromatic N) is 1. The third kappa shape index (κ3) is 3.22. The first-order chi connectivity index (χ1) is 9.98. The molecule has 2 rings (SSSR count). The molecule has 5 nitrogen and oxygen atoms in total. The normalized spacial score (nSPS) is 14.4. The average molecular weight is 306 g/mol. The largest absolute Gasteiger partial charge is 0.326 e. The molecule has 1 aromatic rings. The van der Waals surface area contributed by atoms with Gasteiger partial charge in [0.15, 0.2) is 0 Å². The molecule has 0 aromatic heterocycles. The van der Waals surface area contributed by atoms with Gasteiger partial charge in [-0.15, -0.1) is 13.2 Å². The molecule has 1 N–H and O–H groups in total. The molecule has 0 saturated heterocycles. The fraction of sp³-hybridized carbons (Fsp3) is 0.267. The van der Waals surface area contributed by atoms with E-state index in [1.54, 1.807) is 24.3 Å². The molecule has 6 heteroatoms. The second-order valence-corrected chi connectivity index (χ2v) is 6.70. The summed E-state index contributed by atoms with van der Waals surface area (Å²) in [7, 11) is -3.59. The van der Waals surface area contributed by atoms with Crippen molar-refractivity contribution in [1.29, 1.82) is 0 Å². The van der Waals surface area contributed by atoms with Gasteiger partial charge in [0.1, 0.15) is 0 Å². The van der Waals surface area contributed by atoms with E-state index < -0.39 is 10.0 Å². The van der Waals surface area contributed by atoms with Crippen molar-refractivity contribution in [1.82, 2.24) is 4.31 Å². The van der Waals surface area contributed by atoms with Crippen LogP contribution >= 0.6 is 0 Å². The lowest BCUT2D eigenvalue weighted by atomic mass is 10.0. The predicted octanol–water partition coefficient (Wildman–Crippen LogP) is 1.93. The van der Waals surface area contributed by atoms with Gasteiger partial charge in [0.05, 0.1) is 4.90 Å². The summed E-state index contributed by atoms with van der Waals surface area (Å²) in [5, 5.41) is 2.74. The molecule has 0 atom stereocenters. The van der Waals surface area contributed by atoms with Crippen molar-refractivity contribution < 1.29 is 13.2 Å². The highest BCUT2D eigenvalue weighted by molar-refractivity contribution is 7.89. The van der Waals surface area contributed by atoms with Crippen LogP contribution in [-0.2, 0) is 21.2 Å². The molecule has 0 radical (unpaired) electrons. The van der Waals surface area contributed by atoms with Crippen molar-refractivity contribution in [3.8, 4) is 0 Å². The van der Waals surface area contributed by atoms with Gasteiger partial charge in [-0.05, 0) is 30.2 Å². The van der Waals surface area contributed by atoms with E-state index in [9.17, 15) is 13.2 Å². The van der Waals surface area contributed by atoms with E-state index in [-0.39, 0.29) is 23.9 Å². The van der Waals surface area contributed by atoms with E-state index in [0.717, 1.165) is 5.56 Å². The average Bonchev–Trinajstić information content (AvgIpc) is 2.46. The lowest BCUT2D eigenvalue weighted by molar-refractivity contribution is -0.116. The van der Waals surface area contributed by atoms with Crippen LogP contribution < -0.4 is 5.32 Å². The fourth-order valence-corrected chi connectivity index (χ4v) is 3.66. The van der Waals surface area contributed by atoms with Crippen LogP contribution in [0.1, 0.15) is 12.0 Å². The van der Waals surface area contributed by atoms with Crippen LogP contribution in [0, 0.1) is 0 Å². The summed E-state index contributed by atoms with van der Waals surface area (Å²) in [6, 6.07) is 4.78. The van der Waals surface area contributed by atoms with Crippen LogP contribution in [0.25, 0.3) is 0 Å². The number of carbonyl (C=O) groups excluding carboxylic acids is 1. The zero-order valence-electron chi connectivity index (χ0n) is 11.7. The molecule has 0 aliphatic carbocycles. The summed E-state index contributed by atoms with van der Waals surface area (Å²) in [5.41, 5.74) is 1.53. The number of amides is 1. The first-order valence-electron chi connectivity index (χ1n) is 6.63. The maximum Gasteiger partial charge on any atom is 0.243 e. The minimum absolute atomic E-state index is 0.0435. The maximum absolute atomic E-state index is 12.6. The summed E-state index contributed by atoms with van der Waals surface area (Å²) >= 11 is 0. The molecular weight excluding hydrogens is 288 g/mol. The maximum atomic E-state index is 12.6. The quantitative estimate of drug-likeness (QED) is 0.817. The molecule has 0 fully saturated rings.